The number of nitrogens with one attached hydrogen (secondary N) is 1. The van der Waals surface area contributed by atoms with Crippen LogP contribution in [0.2, 0.25) is 0 Å². The van der Waals surface area contributed by atoms with Gasteiger partial charge in [-0.25, -0.2) is 4.79 Å². The van der Waals surface area contributed by atoms with Crippen molar-refractivity contribution in [2.45, 2.75) is 56.9 Å². The first-order valence-corrected chi connectivity index (χ1v) is 10.5. The minimum Gasteiger partial charge on any atom is -0.410 e. The summed E-state index contributed by atoms with van der Waals surface area (Å²) < 4.78 is 15.7. The van der Waals surface area contributed by atoms with Gasteiger partial charge in [-0.2, -0.15) is 0 Å². The van der Waals surface area contributed by atoms with E-state index in [1.54, 1.807) is 7.11 Å². The van der Waals surface area contributed by atoms with Crippen molar-refractivity contribution in [2.75, 3.05) is 33.5 Å². The summed E-state index contributed by atoms with van der Waals surface area (Å²) in [6.45, 7) is 4.17. The molecule has 2 bridgehead atoms. The summed E-state index contributed by atoms with van der Waals surface area (Å²) in [6, 6.07) is 6.20. The molecule has 6 heteroatoms. The predicted octanol–water partition coefficient (Wildman–Crippen LogP) is 3.16. The average Bonchev–Trinajstić information content (AvgIpc) is 2.68. The largest absolute Gasteiger partial charge is 0.412 e. The highest BCUT2D eigenvalue weighted by atomic mass is 16.6. The Morgan fingerprint density at radius 2 is 2.11 bits per heavy atom. The first-order chi connectivity index (χ1) is 13.5. The molecule has 0 spiro atoms. The normalized spacial score (nSPS) is 26.7. The number of carbonyl (C=O) groups is 1. The number of rotatable bonds is 7. The number of nitrogens with two attached hydrogens (primary N) is 1. The van der Waals surface area contributed by atoms with Crippen LogP contribution in [-0.2, 0) is 21.3 Å². The van der Waals surface area contributed by atoms with E-state index < -0.39 is 6.09 Å². The summed E-state index contributed by atoms with van der Waals surface area (Å²) in [5.74, 6) is 1.12. The predicted molar refractivity (Wildman–Crippen MR) is 109 cm³/mol. The Balaban J connectivity index is 1.63. The summed E-state index contributed by atoms with van der Waals surface area (Å²) in [5.41, 5.74) is 9.29. The van der Waals surface area contributed by atoms with E-state index in [0.717, 1.165) is 12.8 Å². The number of hydrogen-bond acceptors (Lipinski definition) is 5. The lowest BCUT2D eigenvalue weighted by Crippen LogP contribution is -2.52. The molecule has 0 aliphatic heterocycles. The van der Waals surface area contributed by atoms with Crippen LogP contribution in [-0.4, -0.2) is 45.6 Å². The maximum atomic E-state index is 12.1. The van der Waals surface area contributed by atoms with Crippen LogP contribution in [0.3, 0.4) is 0 Å². The van der Waals surface area contributed by atoms with Crippen molar-refractivity contribution in [3.8, 4) is 5.75 Å². The number of methoxy groups -OCH3 is 1. The number of ether oxygens (including phenoxy) is 3. The van der Waals surface area contributed by atoms with Gasteiger partial charge in [-0.05, 0) is 48.4 Å². The Morgan fingerprint density at radius 1 is 1.25 bits per heavy atom. The molecule has 2 aliphatic carbocycles. The second-order valence-corrected chi connectivity index (χ2v) is 8.25. The molecule has 0 radical (unpaired) electrons. The molecule has 2 aliphatic rings. The van der Waals surface area contributed by atoms with Gasteiger partial charge in [-0.1, -0.05) is 32.3 Å². The number of carbonyl (C=O) groups excluding carboxylic acids is 1. The number of fused-ring (bicyclic) bond motifs is 4. The highest BCUT2D eigenvalue weighted by Crippen LogP contribution is 2.46. The Bertz CT molecular complexity index is 666. The molecule has 0 saturated heterocycles. The fourth-order valence-corrected chi connectivity index (χ4v) is 4.71. The maximum Gasteiger partial charge on any atom is 0.412 e. The molecule has 6 nitrogen and oxygen atoms in total. The third kappa shape index (κ3) is 4.85. The molecule has 28 heavy (non-hydrogen) atoms. The molecule has 1 amide bonds. The average molecular weight is 391 g/mol. The van der Waals surface area contributed by atoms with E-state index in [9.17, 15) is 4.79 Å². The topological polar surface area (TPSA) is 82.8 Å². The van der Waals surface area contributed by atoms with Gasteiger partial charge in [-0.3, -0.25) is 0 Å². The lowest BCUT2D eigenvalue weighted by atomic mass is 9.60. The monoisotopic (exact) mass is 390 g/mol. The van der Waals surface area contributed by atoms with Gasteiger partial charge in [0.1, 0.15) is 5.75 Å². The number of benzene rings is 1. The fourth-order valence-electron chi connectivity index (χ4n) is 4.71. The van der Waals surface area contributed by atoms with Crippen molar-refractivity contribution in [3.05, 3.63) is 29.3 Å². The second kappa shape index (κ2) is 9.72. The summed E-state index contributed by atoms with van der Waals surface area (Å²) in [6.07, 6.45) is 6.62. The SMILES string of the molecule is COCCOCCNC(=O)Oc1ccc2c(c1)[C@@]1(C)CCCCC[C@@H](C2)[C@@H]1N. The molecule has 3 rings (SSSR count). The molecule has 0 unspecified atom stereocenters. The molecule has 3 atom stereocenters. The van der Waals surface area contributed by atoms with Crippen LogP contribution in [0.25, 0.3) is 0 Å². The third-order valence-corrected chi connectivity index (χ3v) is 6.35. The van der Waals surface area contributed by atoms with Gasteiger partial charge < -0.3 is 25.3 Å². The summed E-state index contributed by atoms with van der Waals surface area (Å²) in [7, 11) is 1.63. The molecule has 1 aromatic rings. The minimum atomic E-state index is -0.462. The van der Waals surface area contributed by atoms with E-state index in [2.05, 4.69) is 18.3 Å². The zero-order valence-electron chi connectivity index (χ0n) is 17.2. The van der Waals surface area contributed by atoms with Crippen molar-refractivity contribution in [3.63, 3.8) is 0 Å². The molecule has 1 fully saturated rings. The van der Waals surface area contributed by atoms with Crippen LogP contribution in [0.1, 0.15) is 50.2 Å². The minimum absolute atomic E-state index is 0.0519. The fraction of sp³-hybridized carbons (Fsp3) is 0.682. The molecule has 3 N–H and O–H groups in total. The molecular weight excluding hydrogens is 356 g/mol. The van der Waals surface area contributed by atoms with Gasteiger partial charge >= 0.3 is 6.09 Å². The zero-order chi connectivity index (χ0) is 20.0. The van der Waals surface area contributed by atoms with E-state index in [4.69, 9.17) is 19.9 Å². The molecule has 0 heterocycles. The Labute approximate surface area is 168 Å². The molecule has 156 valence electrons. The van der Waals surface area contributed by atoms with Gasteiger partial charge in [0, 0.05) is 25.1 Å². The lowest BCUT2D eigenvalue weighted by molar-refractivity contribution is 0.0719. The summed E-state index contributed by atoms with van der Waals surface area (Å²) in [5, 5.41) is 2.72. The van der Waals surface area contributed by atoms with Crippen molar-refractivity contribution >= 4 is 6.09 Å². The number of hydrogen-bond donors (Lipinski definition) is 2. The maximum absolute atomic E-state index is 12.1. The van der Waals surface area contributed by atoms with Gasteiger partial charge in [0.25, 0.3) is 0 Å². The van der Waals surface area contributed by atoms with E-state index in [1.807, 2.05) is 12.1 Å². The number of amides is 1. The smallest absolute Gasteiger partial charge is 0.410 e. The highest BCUT2D eigenvalue weighted by molar-refractivity contribution is 5.70. The summed E-state index contributed by atoms with van der Waals surface area (Å²) >= 11 is 0. The van der Waals surface area contributed by atoms with Gasteiger partial charge in [0.05, 0.1) is 19.8 Å². The quantitative estimate of drug-likeness (QED) is 0.699. The highest BCUT2D eigenvalue weighted by Gasteiger charge is 2.43. The Morgan fingerprint density at radius 3 is 2.93 bits per heavy atom. The van der Waals surface area contributed by atoms with Crippen LogP contribution in [0.4, 0.5) is 4.79 Å². The van der Waals surface area contributed by atoms with Crippen LogP contribution in [0, 0.1) is 5.92 Å². The molecule has 0 aromatic heterocycles. The van der Waals surface area contributed by atoms with Crippen molar-refractivity contribution in [1.82, 2.24) is 5.32 Å². The molecule has 1 saturated carbocycles. The van der Waals surface area contributed by atoms with Crippen LogP contribution in [0.5, 0.6) is 5.75 Å². The lowest BCUT2D eigenvalue weighted by Gasteiger charge is -2.47. The van der Waals surface area contributed by atoms with Crippen LogP contribution < -0.4 is 15.8 Å². The van der Waals surface area contributed by atoms with Gasteiger partial charge in [0.2, 0.25) is 0 Å². The third-order valence-electron chi connectivity index (χ3n) is 6.35. The van der Waals surface area contributed by atoms with Crippen molar-refractivity contribution < 1.29 is 19.0 Å². The van der Waals surface area contributed by atoms with Crippen molar-refractivity contribution in [1.29, 1.82) is 0 Å². The van der Waals surface area contributed by atoms with Crippen LogP contribution >= 0.6 is 0 Å². The van der Waals surface area contributed by atoms with Gasteiger partial charge in [-0.15, -0.1) is 0 Å². The first kappa shape index (κ1) is 21.1. The molecule has 1 aromatic carbocycles. The second-order valence-electron chi connectivity index (χ2n) is 8.25. The molecular formula is C22H34N2O4. The summed E-state index contributed by atoms with van der Waals surface area (Å²) in [4.78, 5) is 12.1. The first-order valence-electron chi connectivity index (χ1n) is 10.5. The van der Waals surface area contributed by atoms with E-state index in [-0.39, 0.29) is 11.5 Å². The zero-order valence-corrected chi connectivity index (χ0v) is 17.2. The van der Waals surface area contributed by atoms with Gasteiger partial charge in [0.15, 0.2) is 0 Å². The van der Waals surface area contributed by atoms with Crippen molar-refractivity contribution in [2.24, 2.45) is 11.7 Å². The van der Waals surface area contributed by atoms with E-state index >= 15 is 0 Å². The van der Waals surface area contributed by atoms with Crippen LogP contribution in [0.15, 0.2) is 18.2 Å². The van der Waals surface area contributed by atoms with E-state index in [0.29, 0.717) is 38.0 Å². The Kier molecular flexibility index (Phi) is 7.32. The van der Waals surface area contributed by atoms with E-state index in [1.165, 1.54) is 36.8 Å². The standard InChI is InChI=1S/C22H34N2O4/c1-22-9-5-3-4-6-17(20(22)23)14-16-7-8-18(15-19(16)22)28-21(25)24-10-11-27-13-12-26-2/h7-8,15,17,20H,3-6,9-14,23H2,1-2H3,(H,24,25)/t17-,20-,22+/m0/s1. The Hall–Kier alpha value is -1.63.